The van der Waals surface area contributed by atoms with Crippen molar-refractivity contribution in [2.24, 2.45) is 22.2 Å². The number of piperidine rings is 1. The van der Waals surface area contributed by atoms with Crippen molar-refractivity contribution in [3.8, 4) is 0 Å². The molecule has 0 radical (unpaired) electrons. The Labute approximate surface area is 123 Å². The third-order valence-electron chi connectivity index (χ3n) is 6.25. The van der Waals surface area contributed by atoms with E-state index in [1.54, 1.807) is 7.11 Å². The molecule has 1 aliphatic heterocycles. The molecule has 1 saturated heterocycles. The van der Waals surface area contributed by atoms with Crippen molar-refractivity contribution >= 4 is 5.91 Å². The number of rotatable bonds is 5. The Balaban J connectivity index is 1.93. The van der Waals surface area contributed by atoms with E-state index in [-0.39, 0.29) is 11.3 Å². The van der Waals surface area contributed by atoms with Crippen molar-refractivity contribution in [1.82, 2.24) is 10.6 Å². The smallest absolute Gasteiger partial charge is 0.228 e. The molecule has 116 valence electrons. The quantitative estimate of drug-likeness (QED) is 0.808. The summed E-state index contributed by atoms with van der Waals surface area (Å²) in [5.74, 6) is 0.750. The maximum atomic E-state index is 12.6. The Kier molecular flexibility index (Phi) is 4.18. The monoisotopic (exact) mass is 282 g/mol. The largest absolute Gasteiger partial charge is 0.384 e. The summed E-state index contributed by atoms with van der Waals surface area (Å²) in [7, 11) is 1.68. The number of amides is 1. The number of ether oxygens (including phenoxy) is 1. The van der Waals surface area contributed by atoms with Gasteiger partial charge in [0.05, 0.1) is 12.0 Å². The van der Waals surface area contributed by atoms with Crippen LogP contribution >= 0.6 is 0 Å². The van der Waals surface area contributed by atoms with Crippen molar-refractivity contribution < 1.29 is 9.53 Å². The minimum absolute atomic E-state index is 0.180. The molecule has 1 saturated carbocycles. The van der Waals surface area contributed by atoms with Crippen molar-refractivity contribution in [1.29, 1.82) is 0 Å². The van der Waals surface area contributed by atoms with Crippen LogP contribution in [0, 0.1) is 22.2 Å². The molecule has 1 heterocycles. The van der Waals surface area contributed by atoms with Gasteiger partial charge in [0.25, 0.3) is 0 Å². The molecule has 0 unspecified atom stereocenters. The zero-order valence-corrected chi connectivity index (χ0v) is 13.6. The highest BCUT2D eigenvalue weighted by Crippen LogP contribution is 2.67. The summed E-state index contributed by atoms with van der Waals surface area (Å²) in [4.78, 5) is 12.6. The van der Waals surface area contributed by atoms with E-state index in [1.165, 1.54) is 0 Å². The van der Waals surface area contributed by atoms with Gasteiger partial charge in [0.15, 0.2) is 0 Å². The molecule has 1 amide bonds. The Bertz CT molecular complexity index is 351. The Morgan fingerprint density at radius 3 is 2.20 bits per heavy atom. The summed E-state index contributed by atoms with van der Waals surface area (Å²) < 4.78 is 5.32. The van der Waals surface area contributed by atoms with E-state index < -0.39 is 0 Å². The van der Waals surface area contributed by atoms with Gasteiger partial charge in [0.2, 0.25) is 5.91 Å². The average Bonchev–Trinajstić information content (AvgIpc) is 2.78. The van der Waals surface area contributed by atoms with Gasteiger partial charge in [-0.2, -0.15) is 0 Å². The van der Waals surface area contributed by atoms with Gasteiger partial charge in [-0.05, 0) is 42.7 Å². The molecule has 0 aromatic rings. The Morgan fingerprint density at radius 1 is 1.20 bits per heavy atom. The first-order valence-corrected chi connectivity index (χ1v) is 7.76. The van der Waals surface area contributed by atoms with E-state index in [1.807, 2.05) is 0 Å². The maximum absolute atomic E-state index is 12.6. The Hall–Kier alpha value is -0.610. The molecule has 2 N–H and O–H groups in total. The molecule has 0 aromatic heterocycles. The van der Waals surface area contributed by atoms with E-state index in [4.69, 9.17) is 4.74 Å². The third kappa shape index (κ3) is 2.48. The number of carbonyl (C=O) groups is 1. The van der Waals surface area contributed by atoms with Crippen LogP contribution in [0.3, 0.4) is 0 Å². The minimum Gasteiger partial charge on any atom is -0.384 e. The van der Waals surface area contributed by atoms with Crippen molar-refractivity contribution in [2.45, 2.75) is 40.5 Å². The highest BCUT2D eigenvalue weighted by Gasteiger charge is 2.64. The van der Waals surface area contributed by atoms with Crippen molar-refractivity contribution in [3.63, 3.8) is 0 Å². The van der Waals surface area contributed by atoms with E-state index in [9.17, 15) is 4.79 Å². The van der Waals surface area contributed by atoms with E-state index in [0.29, 0.717) is 23.4 Å². The molecular formula is C16H30N2O2. The molecule has 4 heteroatoms. The number of methoxy groups -OCH3 is 1. The molecule has 1 aliphatic carbocycles. The molecule has 0 spiro atoms. The van der Waals surface area contributed by atoms with Crippen molar-refractivity contribution in [3.05, 3.63) is 0 Å². The summed E-state index contributed by atoms with van der Waals surface area (Å²) in [6.45, 7) is 12.3. The van der Waals surface area contributed by atoms with Crippen LogP contribution in [-0.2, 0) is 9.53 Å². The number of hydrogen-bond acceptors (Lipinski definition) is 3. The lowest BCUT2D eigenvalue weighted by Gasteiger charge is -2.35. The topological polar surface area (TPSA) is 50.4 Å². The van der Waals surface area contributed by atoms with Gasteiger partial charge >= 0.3 is 0 Å². The van der Waals surface area contributed by atoms with Crippen LogP contribution < -0.4 is 10.6 Å². The van der Waals surface area contributed by atoms with E-state index in [2.05, 4.69) is 38.3 Å². The average molecular weight is 282 g/mol. The zero-order valence-electron chi connectivity index (χ0n) is 13.6. The highest BCUT2D eigenvalue weighted by molar-refractivity contribution is 5.83. The zero-order chi connectivity index (χ0) is 15.0. The summed E-state index contributed by atoms with van der Waals surface area (Å²) in [6.07, 6.45) is 1.73. The van der Waals surface area contributed by atoms with Gasteiger partial charge < -0.3 is 15.4 Å². The third-order valence-corrected chi connectivity index (χ3v) is 6.25. The second-order valence-electron chi connectivity index (χ2n) is 7.67. The summed E-state index contributed by atoms with van der Waals surface area (Å²) in [5, 5.41) is 6.53. The number of nitrogens with one attached hydrogen (secondary N) is 2. The minimum atomic E-state index is -0.330. The van der Waals surface area contributed by atoms with Crippen LogP contribution in [0.5, 0.6) is 0 Å². The highest BCUT2D eigenvalue weighted by atomic mass is 16.5. The van der Waals surface area contributed by atoms with Crippen LogP contribution in [0.15, 0.2) is 0 Å². The maximum Gasteiger partial charge on any atom is 0.228 e. The summed E-state index contributed by atoms with van der Waals surface area (Å²) in [5.41, 5.74) is 0.314. The van der Waals surface area contributed by atoms with Gasteiger partial charge in [-0.1, -0.05) is 27.7 Å². The van der Waals surface area contributed by atoms with Gasteiger partial charge in [-0.25, -0.2) is 0 Å². The fraction of sp³-hybridized carbons (Fsp3) is 0.938. The molecule has 4 nitrogen and oxygen atoms in total. The van der Waals surface area contributed by atoms with Crippen LogP contribution in [0.4, 0.5) is 0 Å². The summed E-state index contributed by atoms with van der Waals surface area (Å²) >= 11 is 0. The lowest BCUT2D eigenvalue weighted by Crippen LogP contribution is -2.50. The molecular weight excluding hydrogens is 252 g/mol. The standard InChI is InChI=1S/C16H30N2O2/c1-14(2)12(15(14,3)4)10-18-13(19)16(11-20-5)6-8-17-9-7-16/h12,17H,6-11H2,1-5H3,(H,18,19). The predicted molar refractivity (Wildman–Crippen MR) is 80.5 cm³/mol. The normalized spacial score (nSPS) is 27.1. The first-order chi connectivity index (χ1) is 9.28. The van der Waals surface area contributed by atoms with Gasteiger partial charge in [-0.3, -0.25) is 4.79 Å². The molecule has 2 fully saturated rings. The summed E-state index contributed by atoms with van der Waals surface area (Å²) in [6, 6.07) is 0. The predicted octanol–water partition coefficient (Wildman–Crippen LogP) is 1.80. The van der Waals surface area contributed by atoms with Crippen LogP contribution in [0.1, 0.15) is 40.5 Å². The molecule has 20 heavy (non-hydrogen) atoms. The first-order valence-electron chi connectivity index (χ1n) is 7.76. The van der Waals surface area contributed by atoms with Crippen LogP contribution in [0.2, 0.25) is 0 Å². The molecule has 0 aromatic carbocycles. The fourth-order valence-corrected chi connectivity index (χ4v) is 3.84. The lowest BCUT2D eigenvalue weighted by molar-refractivity contribution is -0.136. The van der Waals surface area contributed by atoms with E-state index >= 15 is 0 Å². The molecule has 0 atom stereocenters. The Morgan fingerprint density at radius 2 is 1.75 bits per heavy atom. The first kappa shape index (κ1) is 15.8. The van der Waals surface area contributed by atoms with Crippen LogP contribution in [0.25, 0.3) is 0 Å². The van der Waals surface area contributed by atoms with E-state index in [0.717, 1.165) is 32.5 Å². The molecule has 2 rings (SSSR count). The number of carbonyl (C=O) groups excluding carboxylic acids is 1. The second-order valence-corrected chi connectivity index (χ2v) is 7.67. The van der Waals surface area contributed by atoms with Gasteiger partial charge in [0.1, 0.15) is 0 Å². The van der Waals surface area contributed by atoms with Gasteiger partial charge in [0, 0.05) is 13.7 Å². The number of hydrogen-bond donors (Lipinski definition) is 2. The SMILES string of the molecule is COCC1(C(=O)NCC2C(C)(C)C2(C)C)CCNCC1. The van der Waals surface area contributed by atoms with Crippen LogP contribution in [-0.4, -0.2) is 39.3 Å². The molecule has 0 bridgehead atoms. The van der Waals surface area contributed by atoms with Crippen molar-refractivity contribution in [2.75, 3.05) is 33.4 Å². The molecule has 2 aliphatic rings. The fourth-order valence-electron chi connectivity index (χ4n) is 3.84. The second kappa shape index (κ2) is 5.30. The van der Waals surface area contributed by atoms with Gasteiger partial charge in [-0.15, -0.1) is 0 Å². The lowest BCUT2D eigenvalue weighted by atomic mass is 9.78.